The Morgan fingerprint density at radius 3 is 2.00 bits per heavy atom. The SMILES string of the molecule is COc1ccc(-c2ccccc2-c2nc(-c3ccccc3)c3ccccc3n2)cc1. The van der Waals surface area contributed by atoms with Gasteiger partial charge < -0.3 is 4.74 Å². The van der Waals surface area contributed by atoms with Crippen LogP contribution in [-0.4, -0.2) is 17.1 Å². The van der Waals surface area contributed by atoms with E-state index in [-0.39, 0.29) is 0 Å². The van der Waals surface area contributed by atoms with Crippen LogP contribution >= 0.6 is 0 Å². The van der Waals surface area contributed by atoms with Gasteiger partial charge in [-0.05, 0) is 29.3 Å². The number of ether oxygens (including phenoxy) is 1. The van der Waals surface area contributed by atoms with Crippen LogP contribution in [0.15, 0.2) is 103 Å². The fourth-order valence-electron chi connectivity index (χ4n) is 3.71. The minimum absolute atomic E-state index is 0.721. The van der Waals surface area contributed by atoms with Crippen molar-refractivity contribution in [2.45, 2.75) is 0 Å². The molecule has 5 aromatic rings. The summed E-state index contributed by atoms with van der Waals surface area (Å²) in [5.74, 6) is 1.56. The Kier molecular flexibility index (Phi) is 4.70. The number of fused-ring (bicyclic) bond motifs is 1. The first kappa shape index (κ1) is 18.1. The zero-order valence-corrected chi connectivity index (χ0v) is 16.6. The molecule has 1 aromatic heterocycles. The fourth-order valence-corrected chi connectivity index (χ4v) is 3.71. The van der Waals surface area contributed by atoms with Crippen molar-refractivity contribution >= 4 is 10.9 Å². The van der Waals surface area contributed by atoms with Gasteiger partial charge in [0.2, 0.25) is 0 Å². The quantitative estimate of drug-likeness (QED) is 0.346. The van der Waals surface area contributed by atoms with E-state index in [1.807, 2.05) is 60.7 Å². The molecule has 30 heavy (non-hydrogen) atoms. The molecule has 0 fully saturated rings. The molecule has 0 aliphatic heterocycles. The Labute approximate surface area is 175 Å². The maximum atomic E-state index is 5.31. The van der Waals surface area contributed by atoms with Crippen molar-refractivity contribution in [2.75, 3.05) is 7.11 Å². The Morgan fingerprint density at radius 1 is 0.567 bits per heavy atom. The van der Waals surface area contributed by atoms with Gasteiger partial charge in [0.1, 0.15) is 5.75 Å². The second kappa shape index (κ2) is 7.80. The van der Waals surface area contributed by atoms with Crippen LogP contribution in [0.2, 0.25) is 0 Å². The van der Waals surface area contributed by atoms with Gasteiger partial charge in [-0.3, -0.25) is 0 Å². The third-order valence-corrected chi connectivity index (χ3v) is 5.22. The summed E-state index contributed by atoms with van der Waals surface area (Å²) in [6.45, 7) is 0. The molecular weight excluding hydrogens is 368 g/mol. The van der Waals surface area contributed by atoms with Gasteiger partial charge in [-0.15, -0.1) is 0 Å². The minimum atomic E-state index is 0.721. The number of para-hydroxylation sites is 1. The van der Waals surface area contributed by atoms with Crippen LogP contribution in [0, 0.1) is 0 Å². The fraction of sp³-hybridized carbons (Fsp3) is 0.0370. The molecule has 0 aliphatic rings. The molecule has 0 bridgehead atoms. The maximum Gasteiger partial charge on any atom is 0.161 e. The highest BCUT2D eigenvalue weighted by molar-refractivity contribution is 5.94. The van der Waals surface area contributed by atoms with Gasteiger partial charge in [-0.25, -0.2) is 9.97 Å². The molecule has 0 unspecified atom stereocenters. The molecule has 0 saturated carbocycles. The summed E-state index contributed by atoms with van der Waals surface area (Å²) in [5, 5.41) is 1.05. The first-order valence-corrected chi connectivity index (χ1v) is 9.89. The first-order chi connectivity index (χ1) is 14.8. The van der Waals surface area contributed by atoms with Crippen molar-refractivity contribution in [1.29, 1.82) is 0 Å². The number of rotatable bonds is 4. The Balaban J connectivity index is 1.73. The highest BCUT2D eigenvalue weighted by Gasteiger charge is 2.14. The lowest BCUT2D eigenvalue weighted by molar-refractivity contribution is 0.415. The van der Waals surface area contributed by atoms with Crippen molar-refractivity contribution in [3.63, 3.8) is 0 Å². The van der Waals surface area contributed by atoms with Gasteiger partial charge in [-0.2, -0.15) is 0 Å². The summed E-state index contributed by atoms with van der Waals surface area (Å²) in [4.78, 5) is 9.94. The summed E-state index contributed by atoms with van der Waals surface area (Å²) in [7, 11) is 1.68. The van der Waals surface area contributed by atoms with E-state index in [9.17, 15) is 0 Å². The topological polar surface area (TPSA) is 35.0 Å². The third kappa shape index (κ3) is 3.31. The van der Waals surface area contributed by atoms with E-state index < -0.39 is 0 Å². The lowest BCUT2D eigenvalue weighted by Gasteiger charge is -2.13. The average molecular weight is 388 g/mol. The van der Waals surface area contributed by atoms with Crippen LogP contribution in [0.25, 0.3) is 44.7 Å². The van der Waals surface area contributed by atoms with Gasteiger partial charge in [0.15, 0.2) is 5.82 Å². The Morgan fingerprint density at radius 2 is 1.23 bits per heavy atom. The molecule has 5 rings (SSSR count). The molecule has 4 aromatic carbocycles. The molecule has 0 radical (unpaired) electrons. The molecule has 0 atom stereocenters. The van der Waals surface area contributed by atoms with Gasteiger partial charge in [0.25, 0.3) is 0 Å². The van der Waals surface area contributed by atoms with Crippen LogP contribution in [0.5, 0.6) is 5.75 Å². The zero-order chi connectivity index (χ0) is 20.3. The molecule has 1 heterocycles. The molecule has 0 N–H and O–H groups in total. The number of aromatic nitrogens is 2. The van der Waals surface area contributed by atoms with Crippen molar-refractivity contribution in [1.82, 2.24) is 9.97 Å². The molecule has 3 heteroatoms. The summed E-state index contributed by atoms with van der Waals surface area (Å²) >= 11 is 0. The molecule has 0 amide bonds. The van der Waals surface area contributed by atoms with E-state index in [0.29, 0.717) is 0 Å². The number of nitrogens with zero attached hydrogens (tertiary/aromatic N) is 2. The van der Waals surface area contributed by atoms with Crippen molar-refractivity contribution in [3.05, 3.63) is 103 Å². The number of benzene rings is 4. The summed E-state index contributed by atoms with van der Waals surface area (Å²) in [6, 6.07) is 34.8. The molecule has 0 saturated heterocycles. The van der Waals surface area contributed by atoms with E-state index in [1.165, 1.54) is 0 Å². The van der Waals surface area contributed by atoms with E-state index in [1.54, 1.807) is 7.11 Å². The molecule has 0 aliphatic carbocycles. The van der Waals surface area contributed by atoms with Crippen molar-refractivity contribution < 1.29 is 4.74 Å². The lowest BCUT2D eigenvalue weighted by Crippen LogP contribution is -1.96. The van der Waals surface area contributed by atoms with Crippen molar-refractivity contribution in [2.24, 2.45) is 0 Å². The van der Waals surface area contributed by atoms with Crippen LogP contribution < -0.4 is 4.74 Å². The number of methoxy groups -OCH3 is 1. The number of hydrogen-bond donors (Lipinski definition) is 0. The second-order valence-electron chi connectivity index (χ2n) is 7.05. The molecular formula is C27H20N2O. The minimum Gasteiger partial charge on any atom is -0.497 e. The van der Waals surface area contributed by atoms with Crippen LogP contribution in [-0.2, 0) is 0 Å². The second-order valence-corrected chi connectivity index (χ2v) is 7.05. The summed E-state index contributed by atoms with van der Waals surface area (Å²) in [5.41, 5.74) is 6.16. The van der Waals surface area contributed by atoms with Crippen LogP contribution in [0.4, 0.5) is 0 Å². The third-order valence-electron chi connectivity index (χ3n) is 5.22. The van der Waals surface area contributed by atoms with E-state index in [2.05, 4.69) is 42.5 Å². The summed E-state index contributed by atoms with van der Waals surface area (Å²) < 4.78 is 5.31. The lowest BCUT2D eigenvalue weighted by atomic mass is 9.98. The van der Waals surface area contributed by atoms with Gasteiger partial charge >= 0.3 is 0 Å². The first-order valence-electron chi connectivity index (χ1n) is 9.89. The standard InChI is InChI=1S/C27H20N2O/c1-30-21-17-15-19(16-18-21)22-11-5-6-12-23(22)27-28-25-14-8-7-13-24(25)26(29-27)20-9-3-2-4-10-20/h2-18H,1H3. The monoisotopic (exact) mass is 388 g/mol. The molecule has 144 valence electrons. The Hall–Kier alpha value is -3.98. The van der Waals surface area contributed by atoms with Crippen LogP contribution in [0.1, 0.15) is 0 Å². The predicted molar refractivity (Wildman–Crippen MR) is 122 cm³/mol. The molecule has 0 spiro atoms. The highest BCUT2D eigenvalue weighted by Crippen LogP contribution is 2.34. The van der Waals surface area contributed by atoms with Crippen LogP contribution in [0.3, 0.4) is 0 Å². The van der Waals surface area contributed by atoms with Crippen molar-refractivity contribution in [3.8, 4) is 39.5 Å². The smallest absolute Gasteiger partial charge is 0.161 e. The van der Waals surface area contributed by atoms with E-state index >= 15 is 0 Å². The Bertz CT molecular complexity index is 1310. The summed E-state index contributed by atoms with van der Waals surface area (Å²) in [6.07, 6.45) is 0. The van der Waals surface area contributed by atoms with E-state index in [0.717, 1.165) is 50.4 Å². The number of hydrogen-bond acceptors (Lipinski definition) is 3. The normalized spacial score (nSPS) is 10.8. The van der Waals surface area contributed by atoms with Gasteiger partial charge in [-0.1, -0.05) is 84.9 Å². The van der Waals surface area contributed by atoms with Gasteiger partial charge in [0, 0.05) is 16.5 Å². The van der Waals surface area contributed by atoms with E-state index in [4.69, 9.17) is 14.7 Å². The largest absolute Gasteiger partial charge is 0.497 e. The molecule has 3 nitrogen and oxygen atoms in total. The van der Waals surface area contributed by atoms with Gasteiger partial charge in [0.05, 0.1) is 18.3 Å². The predicted octanol–water partition coefficient (Wildman–Crippen LogP) is 6.64. The highest BCUT2D eigenvalue weighted by atomic mass is 16.5. The average Bonchev–Trinajstić information content (AvgIpc) is 2.84. The maximum absolute atomic E-state index is 5.31. The zero-order valence-electron chi connectivity index (χ0n) is 16.6.